The van der Waals surface area contributed by atoms with Gasteiger partial charge >= 0.3 is 0 Å². The van der Waals surface area contributed by atoms with Gasteiger partial charge in [0.1, 0.15) is 0 Å². The lowest BCUT2D eigenvalue weighted by Gasteiger charge is -2.26. The Bertz CT molecular complexity index is 362. The van der Waals surface area contributed by atoms with Crippen molar-refractivity contribution in [2.24, 2.45) is 0 Å². The Morgan fingerprint density at radius 2 is 1.80 bits per heavy atom. The van der Waals surface area contributed by atoms with E-state index in [9.17, 15) is 0 Å². The van der Waals surface area contributed by atoms with Gasteiger partial charge < -0.3 is 4.90 Å². The number of anilines is 1. The molecule has 0 atom stereocenters. The molecule has 0 aliphatic heterocycles. The molecule has 0 radical (unpaired) electrons. The zero-order valence-electron chi connectivity index (χ0n) is 9.66. The summed E-state index contributed by atoms with van der Waals surface area (Å²) in [6.45, 7) is 6.64. The second-order valence-electron chi connectivity index (χ2n) is 3.97. The number of fused-ring (bicyclic) bond motifs is 1. The van der Waals surface area contributed by atoms with Crippen LogP contribution in [0.2, 0.25) is 0 Å². The molecule has 0 fully saturated rings. The van der Waals surface area contributed by atoms with Crippen molar-refractivity contribution in [3.05, 3.63) is 41.5 Å². The molecule has 15 heavy (non-hydrogen) atoms. The second-order valence-corrected chi connectivity index (χ2v) is 3.97. The summed E-state index contributed by atoms with van der Waals surface area (Å²) in [7, 11) is 0. The van der Waals surface area contributed by atoms with Crippen LogP contribution >= 0.6 is 0 Å². The number of benzene rings is 1. The first kappa shape index (κ1) is 10.3. The molecule has 0 aromatic heterocycles. The maximum Gasteiger partial charge on any atom is 0.0404 e. The van der Waals surface area contributed by atoms with Gasteiger partial charge in [-0.1, -0.05) is 24.3 Å². The maximum absolute atomic E-state index is 2.44. The van der Waals surface area contributed by atoms with E-state index < -0.39 is 0 Å². The molecule has 1 heteroatoms. The number of nitrogens with zero attached hydrogens (tertiary/aromatic N) is 1. The lowest BCUT2D eigenvalue weighted by molar-refractivity contribution is 0.854. The minimum absolute atomic E-state index is 1.09. The van der Waals surface area contributed by atoms with Crippen molar-refractivity contribution >= 4 is 5.69 Å². The number of hydrogen-bond acceptors (Lipinski definition) is 1. The quantitative estimate of drug-likeness (QED) is 0.679. The summed E-state index contributed by atoms with van der Waals surface area (Å²) in [4.78, 5) is 2.44. The molecule has 80 valence electrons. The van der Waals surface area contributed by atoms with E-state index in [1.807, 2.05) is 0 Å². The van der Waals surface area contributed by atoms with Gasteiger partial charge in [-0.2, -0.15) is 0 Å². The molecule has 0 amide bonds. The molecule has 1 nitrogen and oxygen atoms in total. The predicted octanol–water partition coefficient (Wildman–Crippen LogP) is 3.19. The maximum atomic E-state index is 2.44. The third-order valence-electron chi connectivity index (χ3n) is 3.18. The zero-order chi connectivity index (χ0) is 10.7. The SMILES string of the molecule is CCN(CC)c1cccc2c1CC=CC2. The van der Waals surface area contributed by atoms with Crippen LogP contribution < -0.4 is 4.90 Å². The molecule has 0 unspecified atom stereocenters. The third kappa shape index (κ3) is 1.92. The van der Waals surface area contributed by atoms with E-state index in [1.165, 1.54) is 16.8 Å². The van der Waals surface area contributed by atoms with E-state index >= 15 is 0 Å². The number of rotatable bonds is 3. The summed E-state index contributed by atoms with van der Waals surface area (Å²) < 4.78 is 0. The first-order valence-electron chi connectivity index (χ1n) is 5.87. The van der Waals surface area contributed by atoms with Crippen molar-refractivity contribution < 1.29 is 0 Å². The monoisotopic (exact) mass is 201 g/mol. The average molecular weight is 201 g/mol. The standard InChI is InChI=1S/C14H19N/c1-3-15(4-2)14-11-7-9-12-8-5-6-10-13(12)14/h5-7,9,11H,3-4,8,10H2,1-2H3. The van der Waals surface area contributed by atoms with Gasteiger partial charge in [-0.15, -0.1) is 0 Å². The van der Waals surface area contributed by atoms with Gasteiger partial charge in [-0.25, -0.2) is 0 Å². The Balaban J connectivity index is 2.40. The fourth-order valence-corrected chi connectivity index (χ4v) is 2.32. The van der Waals surface area contributed by atoms with E-state index in [-0.39, 0.29) is 0 Å². The van der Waals surface area contributed by atoms with Gasteiger partial charge in [0, 0.05) is 18.8 Å². The van der Waals surface area contributed by atoms with E-state index in [2.05, 4.69) is 49.1 Å². The summed E-state index contributed by atoms with van der Waals surface area (Å²) >= 11 is 0. The highest BCUT2D eigenvalue weighted by Crippen LogP contribution is 2.27. The Morgan fingerprint density at radius 3 is 2.53 bits per heavy atom. The molecular formula is C14H19N. The van der Waals surface area contributed by atoms with Crippen LogP contribution in [0.25, 0.3) is 0 Å². The fraction of sp³-hybridized carbons (Fsp3) is 0.429. The highest BCUT2D eigenvalue weighted by molar-refractivity contribution is 5.58. The largest absolute Gasteiger partial charge is 0.372 e. The highest BCUT2D eigenvalue weighted by Gasteiger charge is 2.12. The summed E-state index contributed by atoms with van der Waals surface area (Å²) in [6, 6.07) is 6.70. The van der Waals surface area contributed by atoms with Crippen LogP contribution in [0, 0.1) is 0 Å². The van der Waals surface area contributed by atoms with Gasteiger partial charge in [0.2, 0.25) is 0 Å². The molecule has 0 heterocycles. The molecule has 1 aliphatic carbocycles. The Morgan fingerprint density at radius 1 is 1.07 bits per heavy atom. The van der Waals surface area contributed by atoms with Crippen molar-refractivity contribution in [2.75, 3.05) is 18.0 Å². The van der Waals surface area contributed by atoms with Crippen molar-refractivity contribution in [3.63, 3.8) is 0 Å². The normalized spacial score (nSPS) is 13.7. The van der Waals surface area contributed by atoms with Gasteiger partial charge in [-0.3, -0.25) is 0 Å². The topological polar surface area (TPSA) is 3.24 Å². The van der Waals surface area contributed by atoms with Gasteiger partial charge in [0.25, 0.3) is 0 Å². The number of allylic oxidation sites excluding steroid dienone is 2. The van der Waals surface area contributed by atoms with E-state index in [4.69, 9.17) is 0 Å². The first-order chi connectivity index (χ1) is 7.36. The predicted molar refractivity (Wildman–Crippen MR) is 66.6 cm³/mol. The van der Waals surface area contributed by atoms with Crippen molar-refractivity contribution in [3.8, 4) is 0 Å². The van der Waals surface area contributed by atoms with Crippen LogP contribution in [-0.4, -0.2) is 13.1 Å². The summed E-state index contributed by atoms with van der Waals surface area (Å²) in [5.41, 5.74) is 4.47. The van der Waals surface area contributed by atoms with Crippen LogP contribution in [-0.2, 0) is 12.8 Å². The van der Waals surface area contributed by atoms with E-state index in [0.717, 1.165) is 25.9 Å². The molecule has 0 saturated heterocycles. The van der Waals surface area contributed by atoms with Gasteiger partial charge in [0.05, 0.1) is 0 Å². The molecule has 0 spiro atoms. The van der Waals surface area contributed by atoms with E-state index in [0.29, 0.717) is 0 Å². The van der Waals surface area contributed by atoms with Gasteiger partial charge in [0.15, 0.2) is 0 Å². The molecule has 1 aliphatic rings. The molecule has 0 N–H and O–H groups in total. The lowest BCUT2D eigenvalue weighted by atomic mass is 9.94. The Hall–Kier alpha value is -1.24. The lowest BCUT2D eigenvalue weighted by Crippen LogP contribution is -2.23. The first-order valence-corrected chi connectivity index (χ1v) is 5.87. The fourth-order valence-electron chi connectivity index (χ4n) is 2.32. The molecular weight excluding hydrogens is 182 g/mol. The minimum atomic E-state index is 1.09. The zero-order valence-corrected chi connectivity index (χ0v) is 9.66. The van der Waals surface area contributed by atoms with E-state index in [1.54, 1.807) is 0 Å². The highest BCUT2D eigenvalue weighted by atomic mass is 15.1. The summed E-state index contributed by atoms with van der Waals surface area (Å²) in [5, 5.41) is 0. The summed E-state index contributed by atoms with van der Waals surface area (Å²) in [5.74, 6) is 0. The van der Waals surface area contributed by atoms with Crippen molar-refractivity contribution in [1.82, 2.24) is 0 Å². The van der Waals surface area contributed by atoms with Crippen molar-refractivity contribution in [1.29, 1.82) is 0 Å². The van der Waals surface area contributed by atoms with Crippen LogP contribution in [0.1, 0.15) is 25.0 Å². The molecule has 0 saturated carbocycles. The van der Waals surface area contributed by atoms with Crippen molar-refractivity contribution in [2.45, 2.75) is 26.7 Å². The molecule has 0 bridgehead atoms. The molecule has 1 aromatic rings. The summed E-state index contributed by atoms with van der Waals surface area (Å²) in [6.07, 6.45) is 6.76. The van der Waals surface area contributed by atoms with Crippen LogP contribution in [0.4, 0.5) is 5.69 Å². The molecule has 2 rings (SSSR count). The van der Waals surface area contributed by atoms with Crippen LogP contribution in [0.3, 0.4) is 0 Å². The minimum Gasteiger partial charge on any atom is -0.372 e. The Kier molecular flexibility index (Phi) is 3.10. The third-order valence-corrected chi connectivity index (χ3v) is 3.18. The average Bonchev–Trinajstić information content (AvgIpc) is 2.31. The Labute approximate surface area is 92.4 Å². The smallest absolute Gasteiger partial charge is 0.0404 e. The number of hydrogen-bond donors (Lipinski definition) is 0. The van der Waals surface area contributed by atoms with Crippen LogP contribution in [0.15, 0.2) is 30.4 Å². The van der Waals surface area contributed by atoms with Crippen LogP contribution in [0.5, 0.6) is 0 Å². The second kappa shape index (κ2) is 4.52. The molecule has 1 aromatic carbocycles. The van der Waals surface area contributed by atoms with Gasteiger partial charge in [-0.05, 0) is 43.9 Å².